The minimum atomic E-state index is -0.710. The Hall–Kier alpha value is -0.540. The monoisotopic (exact) mass is 288 g/mol. The molecular formula is C11H10BrClO2. The van der Waals surface area contributed by atoms with E-state index in [4.69, 9.17) is 16.7 Å². The molecule has 0 amide bonds. The van der Waals surface area contributed by atoms with Gasteiger partial charge in [-0.05, 0) is 43.0 Å². The number of rotatable bonds is 3. The van der Waals surface area contributed by atoms with E-state index in [9.17, 15) is 4.79 Å². The quantitative estimate of drug-likeness (QED) is 0.924. The second-order valence-corrected chi connectivity index (χ2v) is 5.32. The van der Waals surface area contributed by atoms with Crippen LogP contribution in [-0.2, 0) is 11.2 Å². The van der Waals surface area contributed by atoms with Crippen molar-refractivity contribution in [2.24, 2.45) is 5.41 Å². The van der Waals surface area contributed by atoms with Crippen molar-refractivity contribution in [2.45, 2.75) is 19.3 Å². The molecule has 0 bridgehead atoms. The minimum Gasteiger partial charge on any atom is -0.481 e. The van der Waals surface area contributed by atoms with E-state index in [0.29, 0.717) is 11.4 Å². The van der Waals surface area contributed by atoms with E-state index in [-0.39, 0.29) is 0 Å². The van der Waals surface area contributed by atoms with Gasteiger partial charge in [-0.3, -0.25) is 4.79 Å². The molecule has 0 aliphatic heterocycles. The molecule has 1 aromatic carbocycles. The molecule has 1 aliphatic rings. The van der Waals surface area contributed by atoms with Gasteiger partial charge in [0.2, 0.25) is 0 Å². The van der Waals surface area contributed by atoms with E-state index in [1.807, 2.05) is 12.1 Å². The topological polar surface area (TPSA) is 37.3 Å². The highest BCUT2D eigenvalue weighted by atomic mass is 79.9. The van der Waals surface area contributed by atoms with Crippen LogP contribution in [0.5, 0.6) is 0 Å². The van der Waals surface area contributed by atoms with Crippen molar-refractivity contribution in [3.63, 3.8) is 0 Å². The molecule has 1 fully saturated rings. The average molecular weight is 290 g/mol. The number of hydrogen-bond acceptors (Lipinski definition) is 1. The SMILES string of the molecule is O=C(O)C1(Cc2cc(Br)ccc2Cl)CC1. The molecule has 1 aliphatic carbocycles. The van der Waals surface area contributed by atoms with Crippen molar-refractivity contribution in [3.05, 3.63) is 33.3 Å². The van der Waals surface area contributed by atoms with Crippen LogP contribution in [0.4, 0.5) is 0 Å². The molecule has 2 nitrogen and oxygen atoms in total. The van der Waals surface area contributed by atoms with Gasteiger partial charge in [-0.15, -0.1) is 0 Å². The Morgan fingerprint density at radius 2 is 2.20 bits per heavy atom. The Morgan fingerprint density at radius 1 is 1.53 bits per heavy atom. The van der Waals surface area contributed by atoms with E-state index in [1.165, 1.54) is 0 Å². The highest BCUT2D eigenvalue weighted by molar-refractivity contribution is 9.10. The summed E-state index contributed by atoms with van der Waals surface area (Å²) < 4.78 is 0.933. The van der Waals surface area contributed by atoms with Crippen molar-refractivity contribution in [3.8, 4) is 0 Å². The molecule has 0 atom stereocenters. The molecule has 0 aromatic heterocycles. The fourth-order valence-electron chi connectivity index (χ4n) is 1.66. The highest BCUT2D eigenvalue weighted by Gasteiger charge is 2.50. The summed E-state index contributed by atoms with van der Waals surface area (Å²) in [6, 6.07) is 5.54. The van der Waals surface area contributed by atoms with Crippen LogP contribution < -0.4 is 0 Å². The summed E-state index contributed by atoms with van der Waals surface area (Å²) >= 11 is 9.38. The number of carboxylic acid groups (broad SMARTS) is 1. The predicted molar refractivity (Wildman–Crippen MR) is 62.2 cm³/mol. The van der Waals surface area contributed by atoms with E-state index in [0.717, 1.165) is 22.9 Å². The molecule has 80 valence electrons. The molecule has 1 N–H and O–H groups in total. The summed E-state index contributed by atoms with van der Waals surface area (Å²) in [6.45, 7) is 0. The molecule has 2 rings (SSSR count). The van der Waals surface area contributed by atoms with Crippen LogP contribution in [0.15, 0.2) is 22.7 Å². The fourth-order valence-corrected chi connectivity index (χ4v) is 2.25. The molecule has 0 unspecified atom stereocenters. The lowest BCUT2D eigenvalue weighted by Crippen LogP contribution is -2.17. The lowest BCUT2D eigenvalue weighted by molar-refractivity contribution is -0.143. The number of benzene rings is 1. The standard InChI is InChI=1S/C11H10BrClO2/c12-8-1-2-9(13)7(5-8)6-11(3-4-11)10(14)15/h1-2,5H,3-4,6H2,(H,14,15). The van der Waals surface area contributed by atoms with E-state index >= 15 is 0 Å². The third-order valence-corrected chi connectivity index (χ3v) is 3.71. The molecule has 0 radical (unpaired) electrons. The Bertz CT molecular complexity index is 413. The summed E-state index contributed by atoms with van der Waals surface area (Å²) in [6.07, 6.45) is 2.04. The number of halogens is 2. The molecule has 0 spiro atoms. The molecule has 0 saturated heterocycles. The third kappa shape index (κ3) is 2.18. The first-order valence-corrected chi connectivity index (χ1v) is 5.88. The average Bonchev–Trinajstić information content (AvgIpc) is 2.92. The van der Waals surface area contributed by atoms with Crippen LogP contribution in [0.25, 0.3) is 0 Å². The third-order valence-electron chi connectivity index (χ3n) is 2.84. The van der Waals surface area contributed by atoms with Crippen LogP contribution in [0.2, 0.25) is 5.02 Å². The summed E-state index contributed by atoms with van der Waals surface area (Å²) in [5, 5.41) is 9.71. The Morgan fingerprint density at radius 3 is 2.73 bits per heavy atom. The smallest absolute Gasteiger partial charge is 0.309 e. The summed E-state index contributed by atoms with van der Waals surface area (Å²) in [5.74, 6) is -0.710. The summed E-state index contributed by atoms with van der Waals surface area (Å²) in [7, 11) is 0. The molecule has 0 heterocycles. The summed E-state index contributed by atoms with van der Waals surface area (Å²) in [4.78, 5) is 11.0. The van der Waals surface area contributed by atoms with Gasteiger partial charge < -0.3 is 5.11 Å². The maximum atomic E-state index is 11.0. The molecule has 1 saturated carbocycles. The zero-order valence-electron chi connectivity index (χ0n) is 7.96. The van der Waals surface area contributed by atoms with Crippen LogP contribution in [0, 0.1) is 5.41 Å². The fraction of sp³-hybridized carbons (Fsp3) is 0.364. The van der Waals surface area contributed by atoms with Gasteiger partial charge in [-0.1, -0.05) is 27.5 Å². The van der Waals surface area contributed by atoms with Gasteiger partial charge in [-0.25, -0.2) is 0 Å². The maximum Gasteiger partial charge on any atom is 0.309 e. The second kappa shape index (κ2) is 3.80. The highest BCUT2D eigenvalue weighted by Crippen LogP contribution is 2.49. The molecule has 15 heavy (non-hydrogen) atoms. The Labute approximate surface area is 101 Å². The van der Waals surface area contributed by atoms with Gasteiger partial charge in [0.15, 0.2) is 0 Å². The zero-order valence-corrected chi connectivity index (χ0v) is 10.3. The molecule has 1 aromatic rings. The number of hydrogen-bond donors (Lipinski definition) is 1. The zero-order chi connectivity index (χ0) is 11.1. The van der Waals surface area contributed by atoms with Gasteiger partial charge in [0, 0.05) is 9.50 Å². The van der Waals surface area contributed by atoms with Crippen molar-refractivity contribution in [1.82, 2.24) is 0 Å². The summed E-state index contributed by atoms with van der Waals surface area (Å²) in [5.41, 5.74) is 0.357. The minimum absolute atomic E-state index is 0.528. The van der Waals surface area contributed by atoms with Crippen molar-refractivity contribution in [1.29, 1.82) is 0 Å². The van der Waals surface area contributed by atoms with Gasteiger partial charge in [-0.2, -0.15) is 0 Å². The van der Waals surface area contributed by atoms with E-state index in [1.54, 1.807) is 6.07 Å². The van der Waals surface area contributed by atoms with Crippen molar-refractivity contribution < 1.29 is 9.90 Å². The van der Waals surface area contributed by atoms with Crippen LogP contribution in [-0.4, -0.2) is 11.1 Å². The number of carboxylic acids is 1. The first-order chi connectivity index (χ1) is 7.03. The van der Waals surface area contributed by atoms with E-state index < -0.39 is 11.4 Å². The molecular weight excluding hydrogens is 279 g/mol. The number of carbonyl (C=O) groups is 1. The normalized spacial score (nSPS) is 17.5. The van der Waals surface area contributed by atoms with Gasteiger partial charge in [0.05, 0.1) is 5.41 Å². The van der Waals surface area contributed by atoms with Crippen LogP contribution in [0.3, 0.4) is 0 Å². The Kier molecular flexibility index (Phi) is 2.77. The van der Waals surface area contributed by atoms with Crippen LogP contribution in [0.1, 0.15) is 18.4 Å². The van der Waals surface area contributed by atoms with Gasteiger partial charge in [0.1, 0.15) is 0 Å². The van der Waals surface area contributed by atoms with Crippen LogP contribution >= 0.6 is 27.5 Å². The lowest BCUT2D eigenvalue weighted by atomic mass is 9.97. The maximum absolute atomic E-state index is 11.0. The van der Waals surface area contributed by atoms with Crippen molar-refractivity contribution in [2.75, 3.05) is 0 Å². The first-order valence-electron chi connectivity index (χ1n) is 4.71. The first kappa shape index (κ1) is 11.0. The number of aliphatic carboxylic acids is 1. The molecule has 4 heteroatoms. The van der Waals surface area contributed by atoms with Gasteiger partial charge in [0.25, 0.3) is 0 Å². The van der Waals surface area contributed by atoms with Crippen molar-refractivity contribution >= 4 is 33.5 Å². The van der Waals surface area contributed by atoms with Gasteiger partial charge >= 0.3 is 5.97 Å². The Balaban J connectivity index is 2.24. The predicted octanol–water partition coefficient (Wildman–Crippen LogP) is 3.51. The lowest BCUT2D eigenvalue weighted by Gasteiger charge is -2.11. The largest absolute Gasteiger partial charge is 0.481 e. The second-order valence-electron chi connectivity index (χ2n) is 4.00. The van der Waals surface area contributed by atoms with E-state index in [2.05, 4.69) is 15.9 Å².